The van der Waals surface area contributed by atoms with Gasteiger partial charge in [-0.2, -0.15) is 0 Å². The average Bonchev–Trinajstić information content (AvgIpc) is 2.60. The molecule has 1 aromatic heterocycles. The summed E-state index contributed by atoms with van der Waals surface area (Å²) in [5, 5.41) is 8.92. The highest BCUT2D eigenvalue weighted by Gasteiger charge is 2.22. The fraction of sp³-hybridized carbons (Fsp3) is 0.389. The topological polar surface area (TPSA) is 78.7 Å². The van der Waals surface area contributed by atoms with Crippen molar-refractivity contribution in [2.24, 2.45) is 0 Å². The van der Waals surface area contributed by atoms with E-state index in [9.17, 15) is 14.0 Å². The largest absolute Gasteiger partial charge is 0.387 e. The number of aromatic nitrogens is 2. The van der Waals surface area contributed by atoms with Gasteiger partial charge >= 0.3 is 0 Å². The van der Waals surface area contributed by atoms with Crippen LogP contribution in [-0.4, -0.2) is 58.3 Å². The van der Waals surface area contributed by atoms with Crippen LogP contribution in [0.1, 0.15) is 11.5 Å². The van der Waals surface area contributed by atoms with E-state index in [1.54, 1.807) is 30.9 Å². The quantitative estimate of drug-likeness (QED) is 0.869. The molecule has 1 N–H and O–H groups in total. The number of aryl methyl sites for hydroxylation is 2. The predicted molar refractivity (Wildman–Crippen MR) is 95.1 cm³/mol. The van der Waals surface area contributed by atoms with E-state index in [-0.39, 0.29) is 11.5 Å². The average molecular weight is 360 g/mol. The van der Waals surface area contributed by atoms with Crippen molar-refractivity contribution in [3.05, 3.63) is 52.0 Å². The smallest absolute Gasteiger partial charge is 0.258 e. The summed E-state index contributed by atoms with van der Waals surface area (Å²) in [4.78, 5) is 31.4. The number of anilines is 1. The summed E-state index contributed by atoms with van der Waals surface area (Å²) >= 11 is 0. The highest BCUT2D eigenvalue weighted by molar-refractivity contribution is 5.77. The van der Waals surface area contributed by atoms with Gasteiger partial charge in [-0.3, -0.25) is 14.2 Å². The Kier molecular flexibility index (Phi) is 5.03. The van der Waals surface area contributed by atoms with Crippen LogP contribution in [0.15, 0.2) is 29.1 Å². The number of carbonyl (C=O) groups is 1. The van der Waals surface area contributed by atoms with Crippen molar-refractivity contribution in [1.29, 1.82) is 0 Å². The second kappa shape index (κ2) is 7.25. The number of nitrogens with zero attached hydrogens (tertiary/aromatic N) is 4. The number of benzene rings is 1. The van der Waals surface area contributed by atoms with Gasteiger partial charge in [-0.15, -0.1) is 0 Å². The van der Waals surface area contributed by atoms with Crippen molar-refractivity contribution in [2.45, 2.75) is 13.8 Å². The minimum Gasteiger partial charge on any atom is -0.387 e. The van der Waals surface area contributed by atoms with Crippen molar-refractivity contribution in [2.75, 3.05) is 37.7 Å². The number of piperazine rings is 1. The lowest BCUT2D eigenvalue weighted by Crippen LogP contribution is -2.49. The van der Waals surface area contributed by atoms with Crippen LogP contribution >= 0.6 is 0 Å². The van der Waals surface area contributed by atoms with Crippen LogP contribution in [-0.2, 0) is 4.79 Å². The molecule has 1 fully saturated rings. The number of carbonyl (C=O) groups excluding carboxylic acids is 1. The third kappa shape index (κ3) is 3.45. The molecule has 0 radical (unpaired) electrons. The minimum atomic E-state index is -0.512. The van der Waals surface area contributed by atoms with Crippen LogP contribution in [0, 0.1) is 19.7 Å². The second-order valence-electron chi connectivity index (χ2n) is 6.28. The third-order valence-corrected chi connectivity index (χ3v) is 4.51. The van der Waals surface area contributed by atoms with Crippen molar-refractivity contribution in [1.82, 2.24) is 14.5 Å². The number of amides is 1. The van der Waals surface area contributed by atoms with Gasteiger partial charge in [0.1, 0.15) is 18.2 Å². The maximum Gasteiger partial charge on any atom is 0.258 e. The zero-order valence-corrected chi connectivity index (χ0v) is 14.8. The van der Waals surface area contributed by atoms with E-state index in [4.69, 9.17) is 5.11 Å². The molecule has 1 aliphatic heterocycles. The number of aliphatic hydroxyl groups excluding tert-OH is 1. The molecule has 0 saturated carbocycles. The maximum absolute atomic E-state index is 14.7. The number of hydrogen-bond donors (Lipinski definition) is 1. The molecule has 2 heterocycles. The van der Waals surface area contributed by atoms with Gasteiger partial charge in [0.05, 0.1) is 11.4 Å². The van der Waals surface area contributed by atoms with Gasteiger partial charge in [-0.25, -0.2) is 9.37 Å². The molecular formula is C18H21FN4O3. The van der Waals surface area contributed by atoms with Crippen LogP contribution in [0.3, 0.4) is 0 Å². The van der Waals surface area contributed by atoms with Gasteiger partial charge < -0.3 is 14.9 Å². The summed E-state index contributed by atoms with van der Waals surface area (Å²) < 4.78 is 16.1. The van der Waals surface area contributed by atoms with E-state index in [1.165, 1.54) is 16.7 Å². The Morgan fingerprint density at radius 2 is 1.88 bits per heavy atom. The van der Waals surface area contributed by atoms with Crippen molar-refractivity contribution in [3.63, 3.8) is 0 Å². The highest BCUT2D eigenvalue weighted by Crippen LogP contribution is 2.23. The molecule has 138 valence electrons. The summed E-state index contributed by atoms with van der Waals surface area (Å²) in [6.45, 7) is 4.76. The van der Waals surface area contributed by atoms with Gasteiger partial charge in [0.25, 0.3) is 5.56 Å². The third-order valence-electron chi connectivity index (χ3n) is 4.51. The molecule has 1 amide bonds. The van der Waals surface area contributed by atoms with Gasteiger partial charge in [0.2, 0.25) is 5.91 Å². The Labute approximate surface area is 150 Å². The number of halogens is 1. The van der Waals surface area contributed by atoms with Gasteiger partial charge in [-0.05, 0) is 26.0 Å². The molecule has 7 nitrogen and oxygen atoms in total. The fourth-order valence-corrected chi connectivity index (χ4v) is 3.24. The lowest BCUT2D eigenvalue weighted by atomic mass is 10.2. The van der Waals surface area contributed by atoms with Gasteiger partial charge in [-0.1, -0.05) is 0 Å². The van der Waals surface area contributed by atoms with E-state index in [1.807, 2.05) is 4.90 Å². The lowest BCUT2D eigenvalue weighted by molar-refractivity contribution is -0.134. The molecule has 3 rings (SSSR count). The SMILES string of the molecule is Cc1cc(=O)n(-c2ccc(N3CCN(C(=O)CO)CC3)c(F)c2)c(C)n1. The molecule has 1 aromatic carbocycles. The first kappa shape index (κ1) is 18.1. The monoisotopic (exact) mass is 360 g/mol. The summed E-state index contributed by atoms with van der Waals surface area (Å²) in [7, 11) is 0. The van der Waals surface area contributed by atoms with E-state index in [0.29, 0.717) is 49.1 Å². The number of aliphatic hydroxyl groups is 1. The predicted octanol–water partition coefficient (Wildman–Crippen LogP) is 0.629. The summed E-state index contributed by atoms with van der Waals surface area (Å²) in [6.07, 6.45) is 0. The van der Waals surface area contributed by atoms with E-state index < -0.39 is 12.4 Å². The molecule has 0 spiro atoms. The first-order valence-corrected chi connectivity index (χ1v) is 8.41. The van der Waals surface area contributed by atoms with Crippen LogP contribution in [0.25, 0.3) is 5.69 Å². The molecule has 2 aromatic rings. The molecule has 0 aliphatic carbocycles. The molecule has 8 heteroatoms. The Morgan fingerprint density at radius 1 is 1.19 bits per heavy atom. The van der Waals surface area contributed by atoms with Crippen LogP contribution < -0.4 is 10.5 Å². The minimum absolute atomic E-state index is 0.252. The summed E-state index contributed by atoms with van der Waals surface area (Å²) in [6, 6.07) is 6.07. The number of hydrogen-bond acceptors (Lipinski definition) is 5. The van der Waals surface area contributed by atoms with Crippen LogP contribution in [0.5, 0.6) is 0 Å². The van der Waals surface area contributed by atoms with E-state index in [0.717, 1.165) is 0 Å². The molecule has 0 unspecified atom stereocenters. The molecule has 26 heavy (non-hydrogen) atoms. The van der Waals surface area contributed by atoms with Crippen molar-refractivity contribution < 1.29 is 14.3 Å². The zero-order chi connectivity index (χ0) is 18.8. The molecule has 0 bridgehead atoms. The summed E-state index contributed by atoms with van der Waals surface area (Å²) in [5.74, 6) is -0.253. The Bertz CT molecular complexity index is 888. The van der Waals surface area contributed by atoms with Crippen molar-refractivity contribution >= 4 is 11.6 Å². The molecule has 0 atom stereocenters. The Balaban J connectivity index is 1.84. The maximum atomic E-state index is 14.7. The fourth-order valence-electron chi connectivity index (χ4n) is 3.24. The van der Waals surface area contributed by atoms with Crippen molar-refractivity contribution in [3.8, 4) is 5.69 Å². The highest BCUT2D eigenvalue weighted by atomic mass is 19.1. The normalized spacial score (nSPS) is 14.6. The van der Waals surface area contributed by atoms with E-state index in [2.05, 4.69) is 4.98 Å². The Hall–Kier alpha value is -2.74. The zero-order valence-electron chi connectivity index (χ0n) is 14.8. The Morgan fingerprint density at radius 3 is 2.46 bits per heavy atom. The first-order valence-electron chi connectivity index (χ1n) is 8.41. The van der Waals surface area contributed by atoms with Gasteiger partial charge in [0, 0.05) is 44.0 Å². The van der Waals surface area contributed by atoms with Crippen LogP contribution in [0.4, 0.5) is 10.1 Å². The molecule has 1 saturated heterocycles. The second-order valence-corrected chi connectivity index (χ2v) is 6.28. The van der Waals surface area contributed by atoms with E-state index >= 15 is 0 Å². The van der Waals surface area contributed by atoms with Crippen LogP contribution in [0.2, 0.25) is 0 Å². The molecular weight excluding hydrogens is 339 g/mol. The molecule has 1 aliphatic rings. The first-order chi connectivity index (χ1) is 12.4. The standard InChI is InChI=1S/C18H21FN4O3/c1-12-9-17(25)23(13(2)20-12)14-3-4-16(15(19)10-14)21-5-7-22(8-6-21)18(26)11-24/h3-4,9-10,24H,5-8,11H2,1-2H3. The lowest BCUT2D eigenvalue weighted by Gasteiger charge is -2.36. The van der Waals surface area contributed by atoms with Gasteiger partial charge in [0.15, 0.2) is 0 Å². The number of rotatable bonds is 3. The summed E-state index contributed by atoms with van der Waals surface area (Å²) in [5.41, 5.74) is 1.22.